The zero-order valence-electron chi connectivity index (χ0n) is 17.9. The molecule has 0 atom stereocenters. The molecule has 3 aromatic rings. The third-order valence-corrected chi connectivity index (χ3v) is 5.95. The number of piperidine rings is 1. The van der Waals surface area contributed by atoms with Crippen LogP contribution in [0.3, 0.4) is 0 Å². The van der Waals surface area contributed by atoms with Crippen LogP contribution in [0, 0.1) is 5.92 Å². The van der Waals surface area contributed by atoms with Crippen molar-refractivity contribution in [1.29, 1.82) is 0 Å². The van der Waals surface area contributed by atoms with E-state index in [1.807, 2.05) is 30.5 Å². The average molecular weight is 486 g/mol. The highest BCUT2D eigenvalue weighted by atomic mass is 79.9. The Hall–Kier alpha value is -2.58. The Bertz CT molecular complexity index is 1020. The number of anilines is 2. The second-order valence-corrected chi connectivity index (χ2v) is 9.20. The number of carbonyl (C=O) groups excluding carboxylic acids is 1. The number of amides is 1. The minimum atomic E-state index is -0.247. The standard InChI is InChI=1S/C23H28BrN5O2/c1-27(2)14-17-9-11-28(12-10-17)21-6-4-3-5-20(21)26-23(30)22-8-7-19(31-22)16-29-15-18(24)13-25-29/h3-8,13,15,17H,9-12,14,16H2,1-2H3,(H,26,30). The Kier molecular flexibility index (Phi) is 6.77. The van der Waals surface area contributed by atoms with Crippen LogP contribution in [-0.4, -0.2) is 54.3 Å². The maximum atomic E-state index is 12.8. The molecule has 164 valence electrons. The molecule has 0 aliphatic carbocycles. The van der Waals surface area contributed by atoms with Gasteiger partial charge in [0.05, 0.1) is 28.6 Å². The van der Waals surface area contributed by atoms with E-state index in [0.717, 1.165) is 54.2 Å². The molecule has 0 saturated carbocycles. The van der Waals surface area contributed by atoms with Crippen LogP contribution in [0.5, 0.6) is 0 Å². The van der Waals surface area contributed by atoms with Crippen molar-refractivity contribution < 1.29 is 9.21 Å². The lowest BCUT2D eigenvalue weighted by molar-refractivity contribution is 0.0994. The lowest BCUT2D eigenvalue weighted by Gasteiger charge is -2.35. The van der Waals surface area contributed by atoms with E-state index in [1.165, 1.54) is 0 Å². The minimum Gasteiger partial charge on any atom is -0.454 e. The molecular formula is C23H28BrN5O2. The van der Waals surface area contributed by atoms with E-state index in [1.54, 1.807) is 16.9 Å². The lowest BCUT2D eigenvalue weighted by atomic mass is 9.96. The van der Waals surface area contributed by atoms with Crippen LogP contribution >= 0.6 is 15.9 Å². The molecule has 0 unspecified atom stereocenters. The molecule has 31 heavy (non-hydrogen) atoms. The lowest BCUT2D eigenvalue weighted by Crippen LogP contribution is -2.37. The third-order valence-electron chi connectivity index (χ3n) is 5.54. The molecule has 1 N–H and O–H groups in total. The van der Waals surface area contributed by atoms with Crippen molar-refractivity contribution in [2.45, 2.75) is 19.4 Å². The number of halogens is 1. The molecule has 3 heterocycles. The van der Waals surface area contributed by atoms with Gasteiger partial charge in [0.25, 0.3) is 5.91 Å². The molecule has 0 radical (unpaired) electrons. The fourth-order valence-corrected chi connectivity index (χ4v) is 4.41. The Morgan fingerprint density at radius 3 is 2.71 bits per heavy atom. The number of benzene rings is 1. The molecule has 1 fully saturated rings. The summed E-state index contributed by atoms with van der Waals surface area (Å²) in [5.74, 6) is 1.45. The predicted molar refractivity (Wildman–Crippen MR) is 126 cm³/mol. The molecule has 1 saturated heterocycles. The minimum absolute atomic E-state index is 0.247. The van der Waals surface area contributed by atoms with Gasteiger partial charge in [-0.1, -0.05) is 12.1 Å². The Balaban J connectivity index is 1.40. The van der Waals surface area contributed by atoms with E-state index in [2.05, 4.69) is 56.3 Å². The molecule has 1 amide bonds. The zero-order valence-corrected chi connectivity index (χ0v) is 19.5. The number of rotatable bonds is 7. The van der Waals surface area contributed by atoms with Gasteiger partial charge in [0.2, 0.25) is 0 Å². The second kappa shape index (κ2) is 9.70. The summed E-state index contributed by atoms with van der Waals surface area (Å²) < 4.78 is 8.41. The highest BCUT2D eigenvalue weighted by Crippen LogP contribution is 2.30. The van der Waals surface area contributed by atoms with E-state index in [-0.39, 0.29) is 5.91 Å². The van der Waals surface area contributed by atoms with Crippen molar-refractivity contribution in [2.24, 2.45) is 5.92 Å². The first-order valence-corrected chi connectivity index (χ1v) is 11.3. The molecule has 1 aromatic carbocycles. The molecular weight excluding hydrogens is 458 g/mol. The van der Waals surface area contributed by atoms with Crippen molar-refractivity contribution in [1.82, 2.24) is 14.7 Å². The normalized spacial score (nSPS) is 14.9. The van der Waals surface area contributed by atoms with Crippen LogP contribution in [-0.2, 0) is 6.54 Å². The van der Waals surface area contributed by atoms with Crippen LogP contribution in [0.15, 0.2) is 57.7 Å². The summed E-state index contributed by atoms with van der Waals surface area (Å²) in [5.41, 5.74) is 1.87. The highest BCUT2D eigenvalue weighted by molar-refractivity contribution is 9.10. The van der Waals surface area contributed by atoms with Gasteiger partial charge in [-0.2, -0.15) is 5.10 Å². The topological polar surface area (TPSA) is 66.5 Å². The fourth-order valence-electron chi connectivity index (χ4n) is 4.08. The van der Waals surface area contributed by atoms with Gasteiger partial charge in [-0.25, -0.2) is 0 Å². The number of furan rings is 1. The number of hydrogen-bond acceptors (Lipinski definition) is 5. The van der Waals surface area contributed by atoms with E-state index in [4.69, 9.17) is 4.42 Å². The Morgan fingerprint density at radius 1 is 1.23 bits per heavy atom. The smallest absolute Gasteiger partial charge is 0.291 e. The molecule has 2 aromatic heterocycles. The summed E-state index contributed by atoms with van der Waals surface area (Å²) >= 11 is 3.38. The first-order valence-electron chi connectivity index (χ1n) is 10.5. The van der Waals surface area contributed by atoms with E-state index in [9.17, 15) is 4.79 Å². The first kappa shape index (κ1) is 21.6. The summed E-state index contributed by atoms with van der Waals surface area (Å²) in [6.07, 6.45) is 5.90. The van der Waals surface area contributed by atoms with E-state index in [0.29, 0.717) is 18.1 Å². The molecule has 1 aliphatic rings. The predicted octanol–water partition coefficient (Wildman–Crippen LogP) is 4.32. The quantitative estimate of drug-likeness (QED) is 0.539. The van der Waals surface area contributed by atoms with Crippen molar-refractivity contribution in [3.8, 4) is 0 Å². The van der Waals surface area contributed by atoms with Gasteiger partial charge in [-0.3, -0.25) is 9.48 Å². The van der Waals surface area contributed by atoms with Crippen LogP contribution < -0.4 is 10.2 Å². The van der Waals surface area contributed by atoms with Gasteiger partial charge in [-0.05, 0) is 73.1 Å². The number of nitrogens with zero attached hydrogens (tertiary/aromatic N) is 4. The largest absolute Gasteiger partial charge is 0.454 e. The summed E-state index contributed by atoms with van der Waals surface area (Å²) in [6, 6.07) is 11.5. The summed E-state index contributed by atoms with van der Waals surface area (Å²) in [7, 11) is 4.26. The molecule has 1 aliphatic heterocycles. The van der Waals surface area contributed by atoms with Crippen LogP contribution in [0.2, 0.25) is 0 Å². The van der Waals surface area contributed by atoms with E-state index < -0.39 is 0 Å². The molecule has 7 nitrogen and oxygen atoms in total. The van der Waals surface area contributed by atoms with Gasteiger partial charge in [-0.15, -0.1) is 0 Å². The van der Waals surface area contributed by atoms with Gasteiger partial charge in [0.1, 0.15) is 5.76 Å². The summed E-state index contributed by atoms with van der Waals surface area (Å²) in [5, 5.41) is 7.25. The maximum Gasteiger partial charge on any atom is 0.291 e. The molecule has 8 heteroatoms. The number of carbonyl (C=O) groups is 1. The number of aromatic nitrogens is 2. The van der Waals surface area contributed by atoms with Gasteiger partial charge < -0.3 is 19.5 Å². The molecule has 0 bridgehead atoms. The second-order valence-electron chi connectivity index (χ2n) is 8.29. The monoisotopic (exact) mass is 485 g/mol. The van der Waals surface area contributed by atoms with E-state index >= 15 is 0 Å². The molecule has 0 spiro atoms. The van der Waals surface area contributed by atoms with Gasteiger partial charge in [0, 0.05) is 25.8 Å². The van der Waals surface area contributed by atoms with Crippen molar-refractivity contribution >= 4 is 33.2 Å². The van der Waals surface area contributed by atoms with Crippen LogP contribution in [0.4, 0.5) is 11.4 Å². The number of nitrogens with one attached hydrogen (secondary N) is 1. The number of para-hydroxylation sites is 2. The summed E-state index contributed by atoms with van der Waals surface area (Å²) in [4.78, 5) is 17.5. The average Bonchev–Trinajstić information content (AvgIpc) is 3.38. The van der Waals surface area contributed by atoms with Crippen molar-refractivity contribution in [3.05, 3.63) is 64.8 Å². The molecule has 4 rings (SSSR count). The van der Waals surface area contributed by atoms with Crippen LogP contribution in [0.1, 0.15) is 29.2 Å². The van der Waals surface area contributed by atoms with Crippen LogP contribution in [0.25, 0.3) is 0 Å². The Labute approximate surface area is 191 Å². The van der Waals surface area contributed by atoms with Gasteiger partial charge in [0.15, 0.2) is 5.76 Å². The maximum absolute atomic E-state index is 12.8. The zero-order chi connectivity index (χ0) is 21.8. The van der Waals surface area contributed by atoms with Gasteiger partial charge >= 0.3 is 0 Å². The first-order chi connectivity index (χ1) is 15.0. The summed E-state index contributed by atoms with van der Waals surface area (Å²) in [6.45, 7) is 3.59. The third kappa shape index (κ3) is 5.57. The van der Waals surface area contributed by atoms with Crippen molar-refractivity contribution in [2.75, 3.05) is 43.9 Å². The highest BCUT2D eigenvalue weighted by Gasteiger charge is 2.22. The fraction of sp³-hybridized carbons (Fsp3) is 0.391. The Morgan fingerprint density at radius 2 is 2.00 bits per heavy atom. The SMILES string of the molecule is CN(C)CC1CCN(c2ccccc2NC(=O)c2ccc(Cn3cc(Br)cn3)o2)CC1. The van der Waals surface area contributed by atoms with Crippen molar-refractivity contribution in [3.63, 3.8) is 0 Å². The number of hydrogen-bond donors (Lipinski definition) is 1.